The Labute approximate surface area is 156 Å². The van der Waals surface area contributed by atoms with Crippen LogP contribution in [0.2, 0.25) is 0 Å². The molecule has 0 N–H and O–H groups in total. The molecule has 1 aliphatic rings. The molecule has 0 aromatic heterocycles. The first-order valence-corrected chi connectivity index (χ1v) is 11.5. The largest absolute Gasteiger partial charge is 0.243 e. The third-order valence-corrected chi connectivity index (χ3v) is 7.67. The highest BCUT2D eigenvalue weighted by molar-refractivity contribution is 9.10. The normalized spacial score (nSPS) is 19.4. The predicted octanol–water partition coefficient (Wildman–Crippen LogP) is 2.95. The second-order valence-electron chi connectivity index (χ2n) is 5.72. The molecule has 0 aliphatic carbocycles. The van der Waals surface area contributed by atoms with Crippen molar-refractivity contribution in [2.45, 2.75) is 17.5 Å². The Kier molecular flexibility index (Phi) is 5.15. The van der Waals surface area contributed by atoms with Gasteiger partial charge in [-0.15, -0.1) is 0 Å². The predicted molar refractivity (Wildman–Crippen MR) is 100 cm³/mol. The van der Waals surface area contributed by atoms with E-state index in [9.17, 15) is 16.8 Å². The SMILES string of the molecule is O=S1(=O)C=C[C@@H](N(Cc2ccccc2)S(=O)(=O)c2ccc(Br)cc2)C1. The Balaban J connectivity index is 2.01. The van der Waals surface area contributed by atoms with Crippen LogP contribution < -0.4 is 0 Å². The molecule has 0 fully saturated rings. The lowest BCUT2D eigenvalue weighted by molar-refractivity contribution is 0.375. The van der Waals surface area contributed by atoms with Crippen molar-refractivity contribution in [2.24, 2.45) is 0 Å². The first kappa shape index (κ1) is 18.3. The molecule has 0 saturated carbocycles. The zero-order chi connectivity index (χ0) is 18.1. The van der Waals surface area contributed by atoms with E-state index in [4.69, 9.17) is 0 Å². The van der Waals surface area contributed by atoms with Crippen molar-refractivity contribution in [3.8, 4) is 0 Å². The second kappa shape index (κ2) is 7.03. The summed E-state index contributed by atoms with van der Waals surface area (Å²) in [6.45, 7) is 0.101. The lowest BCUT2D eigenvalue weighted by Gasteiger charge is -2.27. The highest BCUT2D eigenvalue weighted by Crippen LogP contribution is 2.26. The summed E-state index contributed by atoms with van der Waals surface area (Å²) in [5, 5.41) is 1.09. The number of halogens is 1. The van der Waals surface area contributed by atoms with Gasteiger partial charge in [-0.25, -0.2) is 16.8 Å². The number of sulfonamides is 1. The second-order valence-corrected chi connectivity index (χ2v) is 10.5. The van der Waals surface area contributed by atoms with Crippen molar-refractivity contribution in [2.75, 3.05) is 5.75 Å². The first-order chi connectivity index (χ1) is 11.8. The van der Waals surface area contributed by atoms with E-state index in [2.05, 4.69) is 15.9 Å². The van der Waals surface area contributed by atoms with Gasteiger partial charge in [0.2, 0.25) is 10.0 Å². The average molecular weight is 442 g/mol. The summed E-state index contributed by atoms with van der Waals surface area (Å²) in [5.74, 6) is -0.240. The molecule has 132 valence electrons. The van der Waals surface area contributed by atoms with Gasteiger partial charge in [0, 0.05) is 16.4 Å². The maximum absolute atomic E-state index is 13.1. The van der Waals surface area contributed by atoms with Crippen LogP contribution in [0.25, 0.3) is 0 Å². The van der Waals surface area contributed by atoms with Crippen LogP contribution in [0.3, 0.4) is 0 Å². The van der Waals surface area contributed by atoms with Crippen LogP contribution in [0.15, 0.2) is 75.4 Å². The summed E-state index contributed by atoms with van der Waals surface area (Å²) in [6, 6.07) is 14.7. The van der Waals surface area contributed by atoms with Crippen LogP contribution in [0.4, 0.5) is 0 Å². The first-order valence-electron chi connectivity index (χ1n) is 7.50. The minimum absolute atomic E-state index is 0.101. The fourth-order valence-electron chi connectivity index (χ4n) is 2.62. The number of hydrogen-bond donors (Lipinski definition) is 0. The van der Waals surface area contributed by atoms with Gasteiger partial charge < -0.3 is 0 Å². The van der Waals surface area contributed by atoms with Crippen LogP contribution in [0.1, 0.15) is 5.56 Å². The zero-order valence-electron chi connectivity index (χ0n) is 13.1. The van der Waals surface area contributed by atoms with E-state index in [1.54, 1.807) is 12.1 Å². The molecule has 2 aromatic rings. The Morgan fingerprint density at radius 3 is 2.24 bits per heavy atom. The summed E-state index contributed by atoms with van der Waals surface area (Å²) >= 11 is 3.29. The number of rotatable bonds is 5. The van der Waals surface area contributed by atoms with Crippen LogP contribution in [0, 0.1) is 0 Å². The molecule has 25 heavy (non-hydrogen) atoms. The average Bonchev–Trinajstić information content (AvgIpc) is 2.93. The van der Waals surface area contributed by atoms with Gasteiger partial charge in [-0.1, -0.05) is 52.3 Å². The number of nitrogens with zero attached hydrogens (tertiary/aromatic N) is 1. The summed E-state index contributed by atoms with van der Waals surface area (Å²) in [4.78, 5) is 0.129. The number of benzene rings is 2. The van der Waals surface area contributed by atoms with Gasteiger partial charge in [0.25, 0.3) is 0 Å². The maximum atomic E-state index is 13.1. The molecular weight excluding hydrogens is 426 g/mol. The molecule has 0 amide bonds. The monoisotopic (exact) mass is 441 g/mol. The molecule has 1 aliphatic heterocycles. The van der Waals surface area contributed by atoms with Crippen molar-refractivity contribution >= 4 is 35.8 Å². The van der Waals surface area contributed by atoms with Gasteiger partial charge in [0.1, 0.15) is 0 Å². The summed E-state index contributed by atoms with van der Waals surface area (Å²) in [7, 11) is -7.23. The Bertz CT molecular complexity index is 985. The van der Waals surface area contributed by atoms with Crippen LogP contribution >= 0.6 is 15.9 Å². The highest BCUT2D eigenvalue weighted by atomic mass is 79.9. The van der Waals surface area contributed by atoms with Crippen LogP contribution in [0.5, 0.6) is 0 Å². The van der Waals surface area contributed by atoms with E-state index in [1.165, 1.54) is 22.5 Å². The maximum Gasteiger partial charge on any atom is 0.243 e. The molecule has 5 nitrogen and oxygen atoms in total. The molecule has 8 heteroatoms. The van der Waals surface area contributed by atoms with E-state index in [0.29, 0.717) is 0 Å². The van der Waals surface area contributed by atoms with E-state index in [1.807, 2.05) is 30.3 Å². The highest BCUT2D eigenvalue weighted by Gasteiger charge is 2.35. The standard InChI is InChI=1S/C17H16BrNO4S2/c18-15-6-8-17(9-7-15)25(22,23)19(12-14-4-2-1-3-5-14)16-10-11-24(20,21)13-16/h1-11,16H,12-13H2/t16-/m1/s1. The Hall–Kier alpha value is -1.48. The minimum Gasteiger partial charge on any atom is -0.224 e. The van der Waals surface area contributed by atoms with Gasteiger partial charge >= 0.3 is 0 Å². The van der Waals surface area contributed by atoms with Crippen molar-refractivity contribution in [1.29, 1.82) is 0 Å². The van der Waals surface area contributed by atoms with Gasteiger partial charge in [0.15, 0.2) is 9.84 Å². The van der Waals surface area contributed by atoms with Crippen molar-refractivity contribution in [1.82, 2.24) is 4.31 Å². The van der Waals surface area contributed by atoms with Gasteiger partial charge in [-0.05, 0) is 29.8 Å². The third kappa shape index (κ3) is 4.20. The summed E-state index contributed by atoms with van der Waals surface area (Å²) < 4.78 is 51.8. The molecule has 0 saturated heterocycles. The van der Waals surface area contributed by atoms with E-state index in [-0.39, 0.29) is 17.2 Å². The van der Waals surface area contributed by atoms with E-state index < -0.39 is 25.9 Å². The quantitative estimate of drug-likeness (QED) is 0.714. The molecule has 0 unspecified atom stereocenters. The van der Waals surface area contributed by atoms with Crippen LogP contribution in [-0.2, 0) is 26.4 Å². The minimum atomic E-state index is -3.85. The summed E-state index contributed by atoms with van der Waals surface area (Å²) in [5.41, 5.74) is 0.792. The third-order valence-electron chi connectivity index (χ3n) is 3.88. The fraction of sp³-hybridized carbons (Fsp3) is 0.176. The molecule has 0 spiro atoms. The fourth-order valence-corrected chi connectivity index (χ4v) is 5.85. The molecule has 0 bridgehead atoms. The molecule has 3 rings (SSSR count). The van der Waals surface area contributed by atoms with Crippen LogP contribution in [-0.4, -0.2) is 32.9 Å². The number of sulfone groups is 1. The Morgan fingerprint density at radius 1 is 1.04 bits per heavy atom. The molecule has 1 atom stereocenters. The number of hydrogen-bond acceptors (Lipinski definition) is 4. The Morgan fingerprint density at radius 2 is 1.68 bits per heavy atom. The molecule has 2 aromatic carbocycles. The smallest absolute Gasteiger partial charge is 0.224 e. The topological polar surface area (TPSA) is 71.5 Å². The van der Waals surface area contributed by atoms with Gasteiger partial charge in [-0.3, -0.25) is 0 Å². The van der Waals surface area contributed by atoms with Crippen molar-refractivity contribution in [3.63, 3.8) is 0 Å². The lowest BCUT2D eigenvalue weighted by atomic mass is 10.2. The van der Waals surface area contributed by atoms with Gasteiger partial charge in [-0.2, -0.15) is 4.31 Å². The zero-order valence-corrected chi connectivity index (χ0v) is 16.3. The molecular formula is C17H16BrNO4S2. The van der Waals surface area contributed by atoms with E-state index >= 15 is 0 Å². The summed E-state index contributed by atoms with van der Waals surface area (Å²) in [6.07, 6.45) is 1.44. The lowest BCUT2D eigenvalue weighted by Crippen LogP contribution is -2.40. The van der Waals surface area contributed by atoms with E-state index in [0.717, 1.165) is 15.4 Å². The molecule has 0 radical (unpaired) electrons. The van der Waals surface area contributed by atoms with Gasteiger partial charge in [0.05, 0.1) is 16.7 Å². The molecule has 1 heterocycles. The van der Waals surface area contributed by atoms with Crippen molar-refractivity contribution in [3.05, 3.63) is 76.1 Å². The van der Waals surface area contributed by atoms with Crippen molar-refractivity contribution < 1.29 is 16.8 Å².